The van der Waals surface area contributed by atoms with E-state index in [2.05, 4.69) is 16.5 Å². The van der Waals surface area contributed by atoms with Crippen LogP contribution < -0.4 is 4.72 Å². The average Bonchev–Trinajstić information content (AvgIpc) is 3.05. The number of ether oxygens (including phenoxy) is 1. The summed E-state index contributed by atoms with van der Waals surface area (Å²) in [5, 5.41) is 0. The van der Waals surface area contributed by atoms with Crippen molar-refractivity contribution in [1.29, 1.82) is 0 Å². The molecular weight excluding hydrogens is 264 g/mol. The molecule has 0 aromatic heterocycles. The fourth-order valence-electron chi connectivity index (χ4n) is 3.00. The van der Waals surface area contributed by atoms with E-state index in [1.54, 1.807) is 0 Å². The summed E-state index contributed by atoms with van der Waals surface area (Å²) in [7, 11) is -3.14. The Morgan fingerprint density at radius 1 is 1.32 bits per heavy atom. The third-order valence-electron chi connectivity index (χ3n) is 4.18. The molecule has 2 fully saturated rings. The van der Waals surface area contributed by atoms with Gasteiger partial charge in [0.1, 0.15) is 0 Å². The zero-order valence-electron chi connectivity index (χ0n) is 11.8. The third-order valence-corrected chi connectivity index (χ3v) is 5.56. The number of hydrogen-bond donors (Lipinski definition) is 1. The molecule has 2 saturated heterocycles. The fraction of sp³-hybridized carbons (Fsp3) is 1.00. The Kier molecular flexibility index (Phi) is 5.62. The van der Waals surface area contributed by atoms with Crippen molar-refractivity contribution < 1.29 is 13.2 Å². The molecule has 2 heterocycles. The van der Waals surface area contributed by atoms with Crippen LogP contribution in [0.4, 0.5) is 0 Å². The first-order chi connectivity index (χ1) is 9.11. The number of nitrogens with one attached hydrogen (secondary N) is 1. The molecule has 0 radical (unpaired) electrons. The highest BCUT2D eigenvalue weighted by molar-refractivity contribution is 7.89. The SMILES string of the molecule is CCN1CCCC1CNS(=O)(=O)CCC1CCCO1. The van der Waals surface area contributed by atoms with Gasteiger partial charge in [-0.2, -0.15) is 0 Å². The van der Waals surface area contributed by atoms with E-state index in [0.717, 1.165) is 39.0 Å². The summed E-state index contributed by atoms with van der Waals surface area (Å²) < 4.78 is 32.1. The molecule has 0 bridgehead atoms. The maximum Gasteiger partial charge on any atom is 0.211 e. The van der Waals surface area contributed by atoms with Gasteiger partial charge in [-0.1, -0.05) is 6.92 Å². The van der Waals surface area contributed by atoms with E-state index in [1.807, 2.05) is 0 Å². The second-order valence-electron chi connectivity index (χ2n) is 5.52. The number of rotatable bonds is 7. The zero-order valence-corrected chi connectivity index (χ0v) is 12.6. The van der Waals surface area contributed by atoms with Crippen molar-refractivity contribution in [2.75, 3.05) is 32.0 Å². The van der Waals surface area contributed by atoms with E-state index < -0.39 is 10.0 Å². The van der Waals surface area contributed by atoms with Gasteiger partial charge in [0.25, 0.3) is 0 Å². The summed E-state index contributed by atoms with van der Waals surface area (Å²) in [6.45, 7) is 5.57. The molecule has 5 nitrogen and oxygen atoms in total. The summed E-state index contributed by atoms with van der Waals surface area (Å²) in [6, 6.07) is 0.377. The molecule has 0 aromatic carbocycles. The Bertz CT molecular complexity index is 366. The molecule has 0 spiro atoms. The lowest BCUT2D eigenvalue weighted by atomic mass is 10.2. The van der Waals surface area contributed by atoms with Crippen molar-refractivity contribution in [3.8, 4) is 0 Å². The van der Waals surface area contributed by atoms with Crippen molar-refractivity contribution >= 4 is 10.0 Å². The molecule has 1 N–H and O–H groups in total. The predicted molar refractivity (Wildman–Crippen MR) is 75.6 cm³/mol. The van der Waals surface area contributed by atoms with Crippen LogP contribution in [0.2, 0.25) is 0 Å². The first-order valence-corrected chi connectivity index (χ1v) is 9.09. The van der Waals surface area contributed by atoms with Gasteiger partial charge < -0.3 is 4.74 Å². The van der Waals surface area contributed by atoms with E-state index in [4.69, 9.17) is 4.74 Å². The number of likely N-dealkylation sites (tertiary alicyclic amines) is 1. The molecule has 2 aliphatic heterocycles. The standard InChI is InChI=1S/C13H26N2O3S/c1-2-15-8-3-5-12(15)11-14-19(16,17)10-7-13-6-4-9-18-13/h12-14H,2-11H2,1H3. The third kappa shape index (κ3) is 4.70. The molecular formula is C13H26N2O3S. The Hall–Kier alpha value is -0.170. The van der Waals surface area contributed by atoms with Crippen LogP contribution >= 0.6 is 0 Å². The van der Waals surface area contributed by atoms with Gasteiger partial charge in [0.15, 0.2) is 0 Å². The molecule has 2 unspecified atom stereocenters. The first kappa shape index (κ1) is 15.2. The maximum atomic E-state index is 12.0. The molecule has 0 saturated carbocycles. The van der Waals surface area contributed by atoms with Crippen LogP contribution in [0.1, 0.15) is 39.0 Å². The Balaban J connectivity index is 1.71. The average molecular weight is 290 g/mol. The quantitative estimate of drug-likeness (QED) is 0.759. The largest absolute Gasteiger partial charge is 0.378 e. The molecule has 2 atom stereocenters. The van der Waals surface area contributed by atoms with E-state index in [1.165, 1.54) is 6.42 Å². The minimum absolute atomic E-state index is 0.148. The van der Waals surface area contributed by atoms with Crippen LogP contribution in [-0.2, 0) is 14.8 Å². The summed E-state index contributed by atoms with van der Waals surface area (Å²) in [6.07, 6.45) is 5.11. The number of nitrogens with zero attached hydrogens (tertiary/aromatic N) is 1. The van der Waals surface area contributed by atoms with Gasteiger partial charge in [0.05, 0.1) is 11.9 Å². The van der Waals surface area contributed by atoms with Gasteiger partial charge in [-0.3, -0.25) is 4.90 Å². The summed E-state index contributed by atoms with van der Waals surface area (Å²) in [4.78, 5) is 2.35. The molecule has 19 heavy (non-hydrogen) atoms. The molecule has 112 valence electrons. The lowest BCUT2D eigenvalue weighted by Gasteiger charge is -2.23. The minimum Gasteiger partial charge on any atom is -0.378 e. The highest BCUT2D eigenvalue weighted by Crippen LogP contribution is 2.17. The van der Waals surface area contributed by atoms with E-state index >= 15 is 0 Å². The Morgan fingerprint density at radius 3 is 2.84 bits per heavy atom. The van der Waals surface area contributed by atoms with Crippen molar-refractivity contribution in [2.24, 2.45) is 0 Å². The lowest BCUT2D eigenvalue weighted by molar-refractivity contribution is 0.109. The molecule has 2 aliphatic rings. The Labute approximate surface area is 116 Å². The number of likely N-dealkylation sites (N-methyl/N-ethyl adjacent to an activating group) is 1. The Morgan fingerprint density at radius 2 is 2.16 bits per heavy atom. The van der Waals surface area contributed by atoms with Crippen molar-refractivity contribution in [3.05, 3.63) is 0 Å². The summed E-state index contributed by atoms with van der Waals surface area (Å²) in [5.41, 5.74) is 0. The highest BCUT2D eigenvalue weighted by atomic mass is 32.2. The highest BCUT2D eigenvalue weighted by Gasteiger charge is 2.25. The van der Waals surface area contributed by atoms with Crippen LogP contribution in [0.5, 0.6) is 0 Å². The molecule has 0 aliphatic carbocycles. The van der Waals surface area contributed by atoms with Crippen LogP contribution in [0.15, 0.2) is 0 Å². The van der Waals surface area contributed by atoms with Gasteiger partial charge in [-0.15, -0.1) is 0 Å². The van der Waals surface area contributed by atoms with Gasteiger partial charge in [0, 0.05) is 19.2 Å². The summed E-state index contributed by atoms with van der Waals surface area (Å²) in [5.74, 6) is 0.191. The molecule has 2 rings (SSSR count). The van der Waals surface area contributed by atoms with Crippen molar-refractivity contribution in [2.45, 2.75) is 51.2 Å². The monoisotopic (exact) mass is 290 g/mol. The van der Waals surface area contributed by atoms with Crippen LogP contribution in [0, 0.1) is 0 Å². The molecule has 6 heteroatoms. The second-order valence-corrected chi connectivity index (χ2v) is 7.44. The van der Waals surface area contributed by atoms with E-state index in [9.17, 15) is 8.42 Å². The van der Waals surface area contributed by atoms with Gasteiger partial charge in [-0.05, 0) is 45.2 Å². The number of hydrogen-bond acceptors (Lipinski definition) is 4. The van der Waals surface area contributed by atoms with Gasteiger partial charge in [-0.25, -0.2) is 13.1 Å². The molecule has 0 aromatic rings. The summed E-state index contributed by atoms with van der Waals surface area (Å²) >= 11 is 0. The first-order valence-electron chi connectivity index (χ1n) is 7.43. The normalized spacial score (nSPS) is 29.1. The smallest absolute Gasteiger partial charge is 0.211 e. The van der Waals surface area contributed by atoms with E-state index in [0.29, 0.717) is 19.0 Å². The number of sulfonamides is 1. The fourth-order valence-corrected chi connectivity index (χ4v) is 4.16. The van der Waals surface area contributed by atoms with Crippen molar-refractivity contribution in [3.63, 3.8) is 0 Å². The van der Waals surface area contributed by atoms with Gasteiger partial charge in [0.2, 0.25) is 10.0 Å². The van der Waals surface area contributed by atoms with Crippen molar-refractivity contribution in [1.82, 2.24) is 9.62 Å². The van der Waals surface area contributed by atoms with E-state index in [-0.39, 0.29) is 11.9 Å². The molecule has 0 amide bonds. The minimum atomic E-state index is -3.14. The van der Waals surface area contributed by atoms with Crippen LogP contribution in [0.3, 0.4) is 0 Å². The lowest BCUT2D eigenvalue weighted by Crippen LogP contribution is -2.41. The van der Waals surface area contributed by atoms with Gasteiger partial charge >= 0.3 is 0 Å². The van der Waals surface area contributed by atoms with Crippen LogP contribution in [-0.4, -0.2) is 57.5 Å². The zero-order chi connectivity index (χ0) is 13.7. The second kappa shape index (κ2) is 7.02. The maximum absolute atomic E-state index is 12.0. The van der Waals surface area contributed by atoms with Crippen LogP contribution in [0.25, 0.3) is 0 Å². The predicted octanol–water partition coefficient (Wildman–Crippen LogP) is 0.959. The topological polar surface area (TPSA) is 58.6 Å².